The van der Waals surface area contributed by atoms with Crippen LogP contribution in [-0.2, 0) is 4.79 Å². The van der Waals surface area contributed by atoms with Crippen molar-refractivity contribution in [3.8, 4) is 5.75 Å². The Balaban J connectivity index is 1.94. The molecule has 1 aromatic rings. The summed E-state index contributed by atoms with van der Waals surface area (Å²) in [6, 6.07) is 7.56. The second kappa shape index (κ2) is 8.40. The van der Waals surface area contributed by atoms with Gasteiger partial charge >= 0.3 is 0 Å². The van der Waals surface area contributed by atoms with Crippen LogP contribution < -0.4 is 4.74 Å². The van der Waals surface area contributed by atoms with Crippen LogP contribution in [0.4, 0.5) is 0 Å². The highest BCUT2D eigenvalue weighted by atomic mass is 35.5. The Labute approximate surface area is 132 Å². The van der Waals surface area contributed by atoms with Crippen molar-refractivity contribution in [3.63, 3.8) is 0 Å². The van der Waals surface area contributed by atoms with Crippen molar-refractivity contribution < 1.29 is 9.53 Å². The second-order valence-corrected chi connectivity index (χ2v) is 6.21. The lowest BCUT2D eigenvalue weighted by molar-refractivity contribution is -0.118. The predicted octanol–water partition coefficient (Wildman–Crippen LogP) is 3.94. The van der Waals surface area contributed by atoms with Crippen molar-refractivity contribution in [2.75, 3.05) is 19.7 Å². The molecule has 21 heavy (non-hydrogen) atoms. The van der Waals surface area contributed by atoms with Gasteiger partial charge in [-0.25, -0.2) is 0 Å². The van der Waals surface area contributed by atoms with Gasteiger partial charge < -0.3 is 4.74 Å². The third kappa shape index (κ3) is 5.68. The van der Waals surface area contributed by atoms with Gasteiger partial charge in [0, 0.05) is 11.4 Å². The lowest BCUT2D eigenvalue weighted by Gasteiger charge is -2.30. The van der Waals surface area contributed by atoms with Crippen LogP contribution >= 0.6 is 11.6 Å². The Bertz CT molecular complexity index is 439. The van der Waals surface area contributed by atoms with Gasteiger partial charge in [0.1, 0.15) is 18.1 Å². The average Bonchev–Trinajstić information content (AvgIpc) is 2.74. The lowest BCUT2D eigenvalue weighted by atomic mass is 10.1. The van der Waals surface area contributed by atoms with E-state index in [-0.39, 0.29) is 11.8 Å². The van der Waals surface area contributed by atoms with Gasteiger partial charge in [0.15, 0.2) is 0 Å². The number of benzene rings is 1. The summed E-state index contributed by atoms with van der Waals surface area (Å²) >= 11 is 5.87. The van der Waals surface area contributed by atoms with Crippen LogP contribution in [0.25, 0.3) is 0 Å². The Kier molecular flexibility index (Phi) is 6.52. The number of rotatable bonds is 6. The predicted molar refractivity (Wildman–Crippen MR) is 86.1 cm³/mol. The Morgan fingerprint density at radius 1 is 1.19 bits per heavy atom. The number of ketones is 1. The van der Waals surface area contributed by atoms with E-state index >= 15 is 0 Å². The first-order valence-corrected chi connectivity index (χ1v) is 8.15. The van der Waals surface area contributed by atoms with Crippen LogP contribution in [0.3, 0.4) is 0 Å². The highest BCUT2D eigenvalue weighted by Crippen LogP contribution is 2.19. The quantitative estimate of drug-likeness (QED) is 0.797. The molecule has 0 spiro atoms. The van der Waals surface area contributed by atoms with Crippen LogP contribution in [0.5, 0.6) is 5.75 Å². The molecule has 2 rings (SSSR count). The first kappa shape index (κ1) is 16.3. The van der Waals surface area contributed by atoms with Gasteiger partial charge in [-0.3, -0.25) is 9.69 Å². The van der Waals surface area contributed by atoms with E-state index < -0.39 is 0 Å². The molecule has 0 radical (unpaired) electrons. The minimum absolute atomic E-state index is 0.177. The molecule has 0 amide bonds. The summed E-state index contributed by atoms with van der Waals surface area (Å²) < 4.78 is 5.87. The molecule has 1 aromatic carbocycles. The van der Waals surface area contributed by atoms with E-state index in [0.717, 1.165) is 18.8 Å². The highest BCUT2D eigenvalue weighted by Gasteiger charge is 2.21. The molecule has 0 bridgehead atoms. The van der Waals surface area contributed by atoms with Crippen LogP contribution in [-0.4, -0.2) is 36.4 Å². The summed E-state index contributed by atoms with van der Waals surface area (Å²) in [4.78, 5) is 14.0. The molecule has 1 aliphatic heterocycles. The summed E-state index contributed by atoms with van der Waals surface area (Å²) in [5, 5.41) is 0.704. The van der Waals surface area contributed by atoms with Gasteiger partial charge in [-0.15, -0.1) is 0 Å². The van der Waals surface area contributed by atoms with Crippen molar-refractivity contribution in [2.24, 2.45) is 0 Å². The normalized spacial score (nSPS) is 18.0. The summed E-state index contributed by atoms with van der Waals surface area (Å²) in [7, 11) is 0. The fourth-order valence-corrected chi connectivity index (χ4v) is 2.93. The van der Waals surface area contributed by atoms with Gasteiger partial charge in [0.25, 0.3) is 0 Å². The average molecular weight is 310 g/mol. The van der Waals surface area contributed by atoms with Crippen LogP contribution in [0, 0.1) is 0 Å². The number of nitrogens with zero attached hydrogens (tertiary/aromatic N) is 1. The molecule has 1 fully saturated rings. The molecule has 3 nitrogen and oxygen atoms in total. The van der Waals surface area contributed by atoms with E-state index in [4.69, 9.17) is 16.3 Å². The lowest BCUT2D eigenvalue weighted by Crippen LogP contribution is -2.41. The summed E-state index contributed by atoms with van der Waals surface area (Å²) in [6.45, 7) is 4.36. The zero-order valence-electron chi connectivity index (χ0n) is 12.7. The minimum Gasteiger partial charge on any atom is -0.492 e. The Morgan fingerprint density at radius 3 is 2.38 bits per heavy atom. The molecule has 0 saturated carbocycles. The molecule has 1 heterocycles. The van der Waals surface area contributed by atoms with Crippen molar-refractivity contribution >= 4 is 17.4 Å². The van der Waals surface area contributed by atoms with E-state index in [1.54, 1.807) is 6.92 Å². The maximum absolute atomic E-state index is 11.5. The Hall–Kier alpha value is -1.06. The van der Waals surface area contributed by atoms with Gasteiger partial charge in [0.2, 0.25) is 0 Å². The molecule has 116 valence electrons. The largest absolute Gasteiger partial charge is 0.492 e. The third-order valence-corrected chi connectivity index (χ3v) is 4.19. The van der Waals surface area contributed by atoms with Gasteiger partial charge in [-0.1, -0.05) is 24.4 Å². The van der Waals surface area contributed by atoms with Crippen LogP contribution in [0.2, 0.25) is 5.02 Å². The number of halogens is 1. The third-order valence-electron chi connectivity index (χ3n) is 3.94. The van der Waals surface area contributed by atoms with Gasteiger partial charge in [-0.2, -0.15) is 0 Å². The SMILES string of the molecule is CC(=O)CC(COc1ccc(Cl)cc1)N1CCCCCC1. The molecule has 0 aliphatic carbocycles. The first-order valence-electron chi connectivity index (χ1n) is 7.77. The first-order chi connectivity index (χ1) is 10.1. The summed E-state index contributed by atoms with van der Waals surface area (Å²) in [6.07, 6.45) is 5.58. The van der Waals surface area contributed by atoms with Crippen molar-refractivity contribution in [1.82, 2.24) is 4.90 Å². The topological polar surface area (TPSA) is 29.5 Å². The van der Waals surface area contributed by atoms with Crippen LogP contribution in [0.15, 0.2) is 24.3 Å². The zero-order chi connectivity index (χ0) is 15.1. The minimum atomic E-state index is 0.177. The number of carbonyl (C=O) groups is 1. The fourth-order valence-electron chi connectivity index (χ4n) is 2.81. The van der Waals surface area contributed by atoms with Crippen LogP contribution in [0.1, 0.15) is 39.0 Å². The number of hydrogen-bond donors (Lipinski definition) is 0. The smallest absolute Gasteiger partial charge is 0.131 e. The Morgan fingerprint density at radius 2 is 1.81 bits per heavy atom. The molecular weight excluding hydrogens is 286 g/mol. The van der Waals surface area contributed by atoms with Gasteiger partial charge in [-0.05, 0) is 57.1 Å². The number of ether oxygens (including phenoxy) is 1. The molecule has 0 N–H and O–H groups in total. The van der Waals surface area contributed by atoms with Gasteiger partial charge in [0.05, 0.1) is 6.04 Å². The maximum atomic E-state index is 11.5. The fraction of sp³-hybridized carbons (Fsp3) is 0.588. The number of Topliss-reactive ketones (excluding diaryl/α,β-unsaturated/α-hetero) is 1. The van der Waals surface area contributed by atoms with E-state index in [0.29, 0.717) is 18.1 Å². The standard InChI is InChI=1S/C17H24ClNO2/c1-14(20)12-16(19-10-4-2-3-5-11-19)13-21-17-8-6-15(18)7-9-17/h6-9,16H,2-5,10-13H2,1H3. The monoisotopic (exact) mass is 309 g/mol. The summed E-state index contributed by atoms with van der Waals surface area (Å²) in [5.74, 6) is 1.03. The van der Waals surface area contributed by atoms with E-state index in [9.17, 15) is 4.79 Å². The molecule has 1 unspecified atom stereocenters. The zero-order valence-corrected chi connectivity index (χ0v) is 13.4. The molecular formula is C17H24ClNO2. The van der Waals surface area contributed by atoms with E-state index in [1.807, 2.05) is 24.3 Å². The maximum Gasteiger partial charge on any atom is 0.131 e. The number of hydrogen-bond acceptors (Lipinski definition) is 3. The molecule has 1 saturated heterocycles. The van der Waals surface area contributed by atoms with E-state index in [1.165, 1.54) is 25.7 Å². The molecule has 1 atom stereocenters. The molecule has 0 aromatic heterocycles. The molecule has 4 heteroatoms. The number of likely N-dealkylation sites (tertiary alicyclic amines) is 1. The van der Waals surface area contributed by atoms with Crippen molar-refractivity contribution in [1.29, 1.82) is 0 Å². The summed E-state index contributed by atoms with van der Waals surface area (Å²) in [5.41, 5.74) is 0. The number of carbonyl (C=O) groups excluding carboxylic acids is 1. The second-order valence-electron chi connectivity index (χ2n) is 5.78. The van der Waals surface area contributed by atoms with E-state index in [2.05, 4.69) is 4.90 Å². The van der Waals surface area contributed by atoms with Crippen molar-refractivity contribution in [3.05, 3.63) is 29.3 Å². The van der Waals surface area contributed by atoms with Crippen molar-refractivity contribution in [2.45, 2.75) is 45.1 Å². The molecule has 1 aliphatic rings. The highest BCUT2D eigenvalue weighted by molar-refractivity contribution is 6.30.